The van der Waals surface area contributed by atoms with Gasteiger partial charge < -0.3 is 44.1 Å². The van der Waals surface area contributed by atoms with Crippen LogP contribution >= 0.6 is 34.8 Å². The number of carbonyl (C=O) groups excluding carboxylic acids is 2. The fourth-order valence-electron chi connectivity index (χ4n) is 13.4. The Morgan fingerprint density at radius 3 is 1.47 bits per heavy atom. The Balaban J connectivity index is 0.000000123. The summed E-state index contributed by atoms with van der Waals surface area (Å²) >= 11 is 17.1. The number of alkyl halides is 1. The number of anilines is 1. The van der Waals surface area contributed by atoms with E-state index < -0.39 is 7.12 Å². The number of rotatable bonds is 13. The Morgan fingerprint density at radius 1 is 0.469 bits per heavy atom. The third-order valence-corrected chi connectivity index (χ3v) is 20.4. The Morgan fingerprint density at radius 2 is 0.984 bits per heavy atom. The van der Waals surface area contributed by atoms with E-state index in [-0.39, 0.29) is 36.6 Å². The number of fused-ring (bicyclic) bond motifs is 5. The van der Waals surface area contributed by atoms with Gasteiger partial charge in [0.05, 0.1) is 88.2 Å². The van der Waals surface area contributed by atoms with Crippen molar-refractivity contribution in [2.75, 3.05) is 31.0 Å². The number of halogens is 3. The Hall–Kier alpha value is -14.5. The highest BCUT2D eigenvalue weighted by Gasteiger charge is 2.24. The SMILES string of the molecule is C1=COCCC1.Cc1cc(-c2ncnc3[nH]ccc23)ccn1.Cc1cc(-c2ncnc3c2ccn3CC(=O)Nc2ccc(-c3cnccn3)cn2)ccn1.Cc1cc(-c2ncnc3c2cnn3C2CCCCO2)ccn1.Cc1cc(B(O)O)ccn1.Clc1ncnc2[nH]ccc12.Clc1ncnc2c1cnn2C1CCCCO1.O=C(CCl)c1ccc(-c2cnccn2)cn1. The summed E-state index contributed by atoms with van der Waals surface area (Å²) in [5, 5.41) is 34.4. The molecule has 0 aromatic carbocycles. The lowest BCUT2D eigenvalue weighted by Crippen LogP contribution is -2.29. The number of nitrogens with zero attached hydrogens (tertiary/aromatic N) is 25. The van der Waals surface area contributed by atoms with Crippen LogP contribution in [0.4, 0.5) is 5.82 Å². The summed E-state index contributed by atoms with van der Waals surface area (Å²) in [7, 11) is -1.39. The minimum absolute atomic E-state index is 0.0165. The van der Waals surface area contributed by atoms with E-state index in [9.17, 15) is 9.59 Å². The first-order valence-corrected chi connectivity index (χ1v) is 41.8. The molecule has 35 nitrogen and oxygen atoms in total. The Labute approximate surface area is 747 Å². The first kappa shape index (κ1) is 89.7. The number of allylic oxidation sites excluding steroid dienone is 1. The van der Waals surface area contributed by atoms with Crippen molar-refractivity contribution in [3.8, 4) is 56.3 Å². The zero-order valence-corrected chi connectivity index (χ0v) is 72.0. The standard InChI is InChI=1S/C23H18N8O.C16H17N5O.C12H10N4.C11H8ClN3O.C10H11ClN4O.C6H8BNO2.C6H4ClN3.C5H8O/c1-15-10-16(4-6-25-15)22-18-5-9-31(23(18)29-14-28-22)13-21(32)30-20-3-2-17(11-27-20)19-12-24-7-8-26-19;1-11-8-12(5-6-17-11)15-13-9-20-21(16(13)19-10-18-15)14-4-2-3-7-22-14;1-8-6-9(2-4-13-8)11-10-3-5-14-12(10)16-7-15-11;12-5-11(16)9-2-1-8(6-15-9)10-7-13-3-4-14-10;11-9-7-5-14-15(10(7)13-6-12-9)8-3-1-2-4-16-8;1-5-4-6(7(9)10)2-3-8-5;7-5-4-1-2-8-6(4)10-3-9-5;1-2-4-6-5-3-1/h2-12,14H,13H2,1H3,(H,27,30,32);5-6,8-10,14H,2-4,7H2,1H3;2-7H,1H3,(H,14,15,16);1-4,6-7H,5H2;5-6,8H,1-4H2;2-4,9-10H,1H3;1-3H,(H,8,9,10);2,4H,1,3,5H2. The topological polar surface area (TPSA) is 444 Å². The molecule has 1 amide bonds. The average molecular weight is 1780 g/mol. The Kier molecular flexibility index (Phi) is 31.5. The molecular weight excluding hydrogens is 1690 g/mol. The fourth-order valence-corrected chi connectivity index (χ4v) is 13.9. The zero-order valence-electron chi connectivity index (χ0n) is 69.7. The van der Waals surface area contributed by atoms with E-state index in [1.165, 1.54) is 31.8 Å². The molecule has 0 aliphatic carbocycles. The fraction of sp³-hybridized carbons (Fsp3) is 0.213. The van der Waals surface area contributed by atoms with Crippen molar-refractivity contribution in [3.05, 3.63) is 279 Å². The van der Waals surface area contributed by atoms with E-state index in [1.54, 1.807) is 152 Å². The molecule has 39 heteroatoms. The molecule has 21 rings (SSSR count). The maximum absolute atomic E-state index is 12.6. The van der Waals surface area contributed by atoms with Crippen LogP contribution in [0.15, 0.2) is 240 Å². The molecule has 2 fully saturated rings. The van der Waals surface area contributed by atoms with Crippen LogP contribution in [0.1, 0.15) is 97.1 Å². The van der Waals surface area contributed by atoms with Crippen LogP contribution in [0.3, 0.4) is 0 Å². The summed E-state index contributed by atoms with van der Waals surface area (Å²) in [5.41, 5.74) is 17.2. The lowest BCUT2D eigenvalue weighted by atomic mass is 9.81. The maximum atomic E-state index is 12.6. The third-order valence-electron chi connectivity index (χ3n) is 19.6. The van der Waals surface area contributed by atoms with Gasteiger partial charge in [-0.15, -0.1) is 11.6 Å². The summed E-state index contributed by atoms with van der Waals surface area (Å²) in [6.45, 7) is 10.3. The van der Waals surface area contributed by atoms with Gasteiger partial charge in [-0.2, -0.15) is 10.2 Å². The van der Waals surface area contributed by atoms with Gasteiger partial charge in [0.1, 0.15) is 76.9 Å². The molecule has 0 spiro atoms. The van der Waals surface area contributed by atoms with Crippen molar-refractivity contribution in [2.24, 2.45) is 0 Å². The minimum Gasteiger partial charge on any atom is -0.502 e. The lowest BCUT2D eigenvalue weighted by molar-refractivity contribution is -0.116. The number of ether oxygens (including phenoxy) is 3. The molecule has 5 N–H and O–H groups in total. The number of H-pyrrole nitrogens is 2. The number of pyridine rings is 6. The molecule has 646 valence electrons. The molecule has 2 atom stereocenters. The minimum atomic E-state index is -1.39. The molecule has 0 bridgehead atoms. The summed E-state index contributed by atoms with van der Waals surface area (Å²) in [5.74, 6) is 0.00789. The molecule has 0 saturated carbocycles. The van der Waals surface area contributed by atoms with Crippen molar-refractivity contribution in [1.29, 1.82) is 0 Å². The number of carbonyl (C=O) groups is 2. The molecule has 18 aromatic rings. The van der Waals surface area contributed by atoms with E-state index in [0.29, 0.717) is 32.9 Å². The third kappa shape index (κ3) is 23.9. The highest BCUT2D eigenvalue weighted by Crippen LogP contribution is 2.33. The van der Waals surface area contributed by atoms with Gasteiger partial charge in [-0.25, -0.2) is 64.2 Å². The number of aromatic amines is 2. The number of nitrogens with one attached hydrogen (secondary N) is 3. The Bertz CT molecular complexity index is 6690. The van der Waals surface area contributed by atoms with Crippen molar-refractivity contribution >= 4 is 120 Å². The van der Waals surface area contributed by atoms with Gasteiger partial charge in [0.25, 0.3) is 0 Å². The van der Waals surface area contributed by atoms with Crippen LogP contribution in [0.25, 0.3) is 111 Å². The smallest absolute Gasteiger partial charge is 0.488 e. The van der Waals surface area contributed by atoms with Gasteiger partial charge in [0.15, 0.2) is 29.5 Å². The van der Waals surface area contributed by atoms with E-state index >= 15 is 0 Å². The molecule has 21 heterocycles. The van der Waals surface area contributed by atoms with Gasteiger partial charge >= 0.3 is 7.12 Å². The normalized spacial score (nSPS) is 13.7. The number of aromatic nitrogens is 27. The van der Waals surface area contributed by atoms with E-state index in [1.807, 2.05) is 111 Å². The van der Waals surface area contributed by atoms with Crippen LogP contribution in [-0.2, 0) is 25.5 Å². The summed E-state index contributed by atoms with van der Waals surface area (Å²) < 4.78 is 21.8. The van der Waals surface area contributed by atoms with Crippen LogP contribution in [0, 0.1) is 27.7 Å². The molecule has 3 aliphatic rings. The second kappa shape index (κ2) is 44.9. The van der Waals surface area contributed by atoms with Crippen LogP contribution in [-0.4, -0.2) is 188 Å². The number of Topliss-reactive ketones (excluding diaryl/α,β-unsaturated/α-hetero) is 1. The molecule has 2 saturated heterocycles. The van der Waals surface area contributed by atoms with Crippen molar-refractivity contribution in [1.82, 2.24) is 134 Å². The first-order chi connectivity index (χ1) is 62.6. The summed E-state index contributed by atoms with van der Waals surface area (Å²) in [6.07, 6.45) is 49.1. The monoisotopic (exact) mass is 1770 g/mol. The maximum Gasteiger partial charge on any atom is 0.488 e. The summed E-state index contributed by atoms with van der Waals surface area (Å²) in [4.78, 5) is 113. The van der Waals surface area contributed by atoms with Gasteiger partial charge in [-0.3, -0.25) is 54.4 Å². The zero-order chi connectivity index (χ0) is 88.9. The van der Waals surface area contributed by atoms with E-state index in [2.05, 4.69) is 125 Å². The first-order valence-electron chi connectivity index (χ1n) is 40.5. The highest BCUT2D eigenvalue weighted by molar-refractivity contribution is 6.58. The number of hydrogen-bond donors (Lipinski definition) is 5. The van der Waals surface area contributed by atoms with Gasteiger partial charge in [-0.05, 0) is 182 Å². The lowest BCUT2D eigenvalue weighted by Gasteiger charge is -2.22. The van der Waals surface area contributed by atoms with Crippen LogP contribution in [0.2, 0.25) is 10.3 Å². The van der Waals surface area contributed by atoms with Crippen molar-refractivity contribution < 1.29 is 33.8 Å². The number of ketones is 1. The largest absolute Gasteiger partial charge is 0.502 e. The molecule has 0 radical (unpaired) electrons. The van der Waals surface area contributed by atoms with Crippen LogP contribution < -0.4 is 10.8 Å². The van der Waals surface area contributed by atoms with Crippen molar-refractivity contribution in [3.63, 3.8) is 0 Å². The summed E-state index contributed by atoms with van der Waals surface area (Å²) in [6, 6.07) is 27.8. The average Bonchev–Trinajstić information content (AvgIpc) is 1.57. The van der Waals surface area contributed by atoms with E-state index in [4.69, 9.17) is 59.1 Å². The molecular formula is C89H84BCl3N28O7. The van der Waals surface area contributed by atoms with Gasteiger partial charge in [0, 0.05) is 155 Å². The van der Waals surface area contributed by atoms with Gasteiger partial charge in [0.2, 0.25) is 5.91 Å². The molecule has 18 aromatic heterocycles. The molecule has 128 heavy (non-hydrogen) atoms. The second-order valence-electron chi connectivity index (χ2n) is 28.6. The van der Waals surface area contributed by atoms with Gasteiger partial charge in [-0.1, -0.05) is 23.2 Å². The molecule has 3 aliphatic heterocycles. The van der Waals surface area contributed by atoms with E-state index in [0.717, 1.165) is 187 Å². The predicted molar refractivity (Wildman–Crippen MR) is 485 cm³/mol. The predicted octanol–water partition coefficient (Wildman–Crippen LogP) is 14.6. The number of aryl methyl sites for hydroxylation is 4. The second-order valence-corrected chi connectivity index (χ2v) is 29.6. The molecule has 2 unspecified atom stereocenters. The quantitative estimate of drug-likeness (QED) is 0.0310. The van der Waals surface area contributed by atoms with Crippen LogP contribution in [0.5, 0.6) is 0 Å². The highest BCUT2D eigenvalue weighted by atomic mass is 35.5. The van der Waals surface area contributed by atoms with Crippen molar-refractivity contribution in [2.45, 2.75) is 98.1 Å². The number of hydrogen-bond acceptors (Lipinski definition) is 29. The number of amides is 1.